The summed E-state index contributed by atoms with van der Waals surface area (Å²) in [5, 5.41) is 0. The average molecular weight is 240 g/mol. The quantitative estimate of drug-likeness (QED) is 0.744. The third-order valence-corrected chi connectivity index (χ3v) is 2.03. The van der Waals surface area contributed by atoms with Gasteiger partial charge in [0, 0.05) is 11.5 Å². The number of ether oxygens (including phenoxy) is 1. The Morgan fingerprint density at radius 3 is 3.00 bits per heavy atom. The highest BCUT2D eigenvalue weighted by Crippen LogP contribution is 2.00. The fourth-order valence-corrected chi connectivity index (χ4v) is 1.42. The maximum absolute atomic E-state index is 10.1. The normalized spacial score (nSPS) is 10.3. The third-order valence-electron chi connectivity index (χ3n) is 0.775. The number of primary amides is 1. The van der Waals surface area contributed by atoms with E-state index in [0.717, 1.165) is 11.5 Å². The zero-order valence-corrected chi connectivity index (χ0v) is 8.36. The highest BCUT2D eigenvalue weighted by molar-refractivity contribution is 9.11. The van der Waals surface area contributed by atoms with Gasteiger partial charge in [-0.05, 0) is 4.99 Å². The van der Waals surface area contributed by atoms with Crippen LogP contribution in [-0.2, 0) is 4.74 Å². The van der Waals surface area contributed by atoms with Gasteiger partial charge in [0.25, 0.3) is 0 Å². The number of carbonyl (C=O) groups is 1. The highest BCUT2D eigenvalue weighted by Gasteiger charge is 1.91. The van der Waals surface area contributed by atoms with Crippen molar-refractivity contribution in [2.45, 2.75) is 0 Å². The van der Waals surface area contributed by atoms with Gasteiger partial charge in [0.15, 0.2) is 0 Å². The molecule has 0 unspecified atom stereocenters. The van der Waals surface area contributed by atoms with Gasteiger partial charge in [-0.25, -0.2) is 4.79 Å². The molecule has 0 spiro atoms. The Hall–Kier alpha value is -0.160. The van der Waals surface area contributed by atoms with Gasteiger partial charge in [-0.1, -0.05) is 22.0 Å². The Labute approximate surface area is 78.5 Å². The summed E-state index contributed by atoms with van der Waals surface area (Å²) < 4.78 is 4.50. The molecule has 1 amide bonds. The molecule has 11 heavy (non-hydrogen) atoms. The lowest BCUT2D eigenvalue weighted by Gasteiger charge is -1.98. The predicted molar refractivity (Wildman–Crippen MR) is 50.9 cm³/mol. The van der Waals surface area contributed by atoms with Crippen LogP contribution in [0.3, 0.4) is 0 Å². The standard InChI is InChI=1S/C6H10BrNO2S/c7-2-1-4-11-5-3-10-6(8)9/h1-2H,3-5H2,(H2,8,9). The molecule has 0 atom stereocenters. The number of carbonyl (C=O) groups excluding carboxylic acids is 1. The zero-order chi connectivity index (χ0) is 8.53. The van der Waals surface area contributed by atoms with E-state index in [2.05, 4.69) is 20.7 Å². The molecule has 5 heteroatoms. The van der Waals surface area contributed by atoms with Crippen molar-refractivity contribution in [3.8, 4) is 0 Å². The minimum Gasteiger partial charge on any atom is -0.449 e. The van der Waals surface area contributed by atoms with Crippen LogP contribution >= 0.6 is 27.7 Å². The second kappa shape index (κ2) is 7.94. The number of rotatable bonds is 5. The molecular weight excluding hydrogens is 230 g/mol. The van der Waals surface area contributed by atoms with Crippen LogP contribution in [-0.4, -0.2) is 24.2 Å². The van der Waals surface area contributed by atoms with Gasteiger partial charge in [0.2, 0.25) is 0 Å². The van der Waals surface area contributed by atoms with Crippen molar-refractivity contribution >= 4 is 33.8 Å². The lowest BCUT2D eigenvalue weighted by atomic mass is 10.8. The number of halogens is 1. The van der Waals surface area contributed by atoms with Gasteiger partial charge in [0.1, 0.15) is 6.61 Å². The fourth-order valence-electron chi connectivity index (χ4n) is 0.389. The summed E-state index contributed by atoms with van der Waals surface area (Å²) in [6.45, 7) is 0.385. The van der Waals surface area contributed by atoms with Crippen LogP contribution in [0.15, 0.2) is 11.1 Å². The highest BCUT2D eigenvalue weighted by atomic mass is 79.9. The van der Waals surface area contributed by atoms with Crippen molar-refractivity contribution in [2.75, 3.05) is 18.1 Å². The van der Waals surface area contributed by atoms with Crippen molar-refractivity contribution in [1.82, 2.24) is 0 Å². The second-order valence-electron chi connectivity index (χ2n) is 1.60. The van der Waals surface area contributed by atoms with E-state index < -0.39 is 6.09 Å². The molecule has 0 aromatic rings. The minimum absolute atomic E-state index is 0.385. The molecule has 0 bridgehead atoms. The molecule has 0 rings (SSSR count). The van der Waals surface area contributed by atoms with Gasteiger partial charge < -0.3 is 10.5 Å². The molecule has 0 aromatic heterocycles. The summed E-state index contributed by atoms with van der Waals surface area (Å²) in [7, 11) is 0. The lowest BCUT2D eigenvalue weighted by Crippen LogP contribution is -2.14. The van der Waals surface area contributed by atoms with Crippen LogP contribution in [0.5, 0.6) is 0 Å². The molecular formula is C6H10BrNO2S. The van der Waals surface area contributed by atoms with Gasteiger partial charge in [-0.15, -0.1) is 0 Å². The van der Waals surface area contributed by atoms with Crippen molar-refractivity contribution in [2.24, 2.45) is 5.73 Å². The van der Waals surface area contributed by atoms with Gasteiger partial charge >= 0.3 is 6.09 Å². The second-order valence-corrected chi connectivity index (χ2v) is 3.28. The van der Waals surface area contributed by atoms with E-state index in [1.165, 1.54) is 0 Å². The monoisotopic (exact) mass is 239 g/mol. The Kier molecular flexibility index (Phi) is 7.83. The van der Waals surface area contributed by atoms with E-state index in [-0.39, 0.29) is 0 Å². The van der Waals surface area contributed by atoms with E-state index in [1.54, 1.807) is 16.7 Å². The fraction of sp³-hybridized carbons (Fsp3) is 0.500. The predicted octanol–water partition coefficient (Wildman–Crippen LogP) is 1.72. The third kappa shape index (κ3) is 9.84. The summed E-state index contributed by atoms with van der Waals surface area (Å²) >= 11 is 4.81. The van der Waals surface area contributed by atoms with E-state index in [0.29, 0.717) is 6.61 Å². The molecule has 0 radical (unpaired) electrons. The van der Waals surface area contributed by atoms with E-state index >= 15 is 0 Å². The first kappa shape index (κ1) is 10.8. The first-order valence-electron chi connectivity index (χ1n) is 3.02. The molecule has 64 valence electrons. The molecule has 0 aliphatic rings. The Morgan fingerprint density at radius 2 is 2.45 bits per heavy atom. The maximum atomic E-state index is 10.1. The van der Waals surface area contributed by atoms with Gasteiger partial charge in [-0.3, -0.25) is 0 Å². The Bertz CT molecular complexity index is 141. The van der Waals surface area contributed by atoms with Crippen molar-refractivity contribution in [3.05, 3.63) is 11.1 Å². The smallest absolute Gasteiger partial charge is 0.404 e. The molecule has 0 heterocycles. The van der Waals surface area contributed by atoms with Crippen LogP contribution in [0.4, 0.5) is 4.79 Å². The SMILES string of the molecule is NC(=O)OCCSCC=CBr. The molecule has 0 aliphatic heterocycles. The molecule has 0 saturated heterocycles. The summed E-state index contributed by atoms with van der Waals surface area (Å²) in [6.07, 6.45) is 1.26. The van der Waals surface area contributed by atoms with Crippen LogP contribution < -0.4 is 5.73 Å². The average Bonchev–Trinajstić information content (AvgIpc) is 1.96. The van der Waals surface area contributed by atoms with Gasteiger partial charge in [0.05, 0.1) is 0 Å². The topological polar surface area (TPSA) is 52.3 Å². The minimum atomic E-state index is -0.707. The first-order valence-corrected chi connectivity index (χ1v) is 5.09. The van der Waals surface area contributed by atoms with Crippen LogP contribution in [0, 0.1) is 0 Å². The lowest BCUT2D eigenvalue weighted by molar-refractivity contribution is 0.164. The zero-order valence-electron chi connectivity index (χ0n) is 5.96. The summed E-state index contributed by atoms with van der Waals surface area (Å²) in [4.78, 5) is 11.9. The van der Waals surface area contributed by atoms with E-state index in [4.69, 9.17) is 5.73 Å². The number of thioether (sulfide) groups is 1. The van der Waals surface area contributed by atoms with E-state index in [9.17, 15) is 4.79 Å². The van der Waals surface area contributed by atoms with Crippen LogP contribution in [0.2, 0.25) is 0 Å². The number of nitrogens with two attached hydrogens (primary N) is 1. The first-order chi connectivity index (χ1) is 5.27. The van der Waals surface area contributed by atoms with E-state index in [1.807, 2.05) is 6.08 Å². The maximum Gasteiger partial charge on any atom is 0.404 e. The number of hydrogen-bond acceptors (Lipinski definition) is 3. The number of amides is 1. The van der Waals surface area contributed by atoms with Gasteiger partial charge in [-0.2, -0.15) is 11.8 Å². The molecule has 2 N–H and O–H groups in total. The van der Waals surface area contributed by atoms with Crippen molar-refractivity contribution in [1.29, 1.82) is 0 Å². The summed E-state index contributed by atoms with van der Waals surface area (Å²) in [5.74, 6) is 1.69. The molecule has 3 nitrogen and oxygen atoms in total. The molecule has 0 aliphatic carbocycles. The molecule has 0 aromatic carbocycles. The van der Waals surface area contributed by atoms with Crippen molar-refractivity contribution < 1.29 is 9.53 Å². The Balaban J connectivity index is 2.96. The Morgan fingerprint density at radius 1 is 1.73 bits per heavy atom. The van der Waals surface area contributed by atoms with Crippen LogP contribution in [0.1, 0.15) is 0 Å². The molecule has 0 saturated carbocycles. The number of hydrogen-bond donors (Lipinski definition) is 1. The van der Waals surface area contributed by atoms with Crippen LogP contribution in [0.25, 0.3) is 0 Å². The summed E-state index contributed by atoms with van der Waals surface area (Å²) in [5.41, 5.74) is 4.74. The summed E-state index contributed by atoms with van der Waals surface area (Å²) in [6, 6.07) is 0. The van der Waals surface area contributed by atoms with Crippen molar-refractivity contribution in [3.63, 3.8) is 0 Å². The largest absolute Gasteiger partial charge is 0.449 e. The molecule has 0 fully saturated rings.